The lowest BCUT2D eigenvalue weighted by molar-refractivity contribution is -0.120. The average Bonchev–Trinajstić information content (AvgIpc) is 3.15. The summed E-state index contributed by atoms with van der Waals surface area (Å²) in [4.78, 5) is 16.9. The highest BCUT2D eigenvalue weighted by Crippen LogP contribution is 2.37. The van der Waals surface area contributed by atoms with Crippen LogP contribution in [0.3, 0.4) is 0 Å². The van der Waals surface area contributed by atoms with Gasteiger partial charge in [0.1, 0.15) is 0 Å². The van der Waals surface area contributed by atoms with Gasteiger partial charge in [0.2, 0.25) is 5.91 Å². The van der Waals surface area contributed by atoms with Crippen LogP contribution in [-0.4, -0.2) is 23.2 Å². The van der Waals surface area contributed by atoms with Crippen molar-refractivity contribution in [3.63, 3.8) is 0 Å². The standard InChI is InChI=1S/C25H23ClN2OS/c26-20-13-11-19(12-14-20)24-25(21-8-4-5-9-22(21)28-24)30-17-16-27-23(29)15-10-18-6-2-1-3-7-18/h1-9,11-14,28H,10,15-17H2,(H,27,29). The lowest BCUT2D eigenvalue weighted by atomic mass is 10.1. The lowest BCUT2D eigenvalue weighted by Crippen LogP contribution is -2.25. The van der Waals surface area contributed by atoms with Crippen LogP contribution in [-0.2, 0) is 11.2 Å². The van der Waals surface area contributed by atoms with Gasteiger partial charge in [0.05, 0.1) is 5.69 Å². The number of aromatic nitrogens is 1. The molecule has 0 aliphatic rings. The highest BCUT2D eigenvalue weighted by atomic mass is 35.5. The van der Waals surface area contributed by atoms with E-state index in [4.69, 9.17) is 11.6 Å². The zero-order valence-electron chi connectivity index (χ0n) is 16.5. The highest BCUT2D eigenvalue weighted by molar-refractivity contribution is 7.99. The smallest absolute Gasteiger partial charge is 0.220 e. The second-order valence-electron chi connectivity index (χ2n) is 7.07. The van der Waals surface area contributed by atoms with E-state index >= 15 is 0 Å². The van der Waals surface area contributed by atoms with Crippen molar-refractivity contribution in [3.8, 4) is 11.3 Å². The van der Waals surface area contributed by atoms with Gasteiger partial charge in [-0.3, -0.25) is 4.79 Å². The molecule has 0 atom stereocenters. The minimum absolute atomic E-state index is 0.0938. The summed E-state index contributed by atoms with van der Waals surface area (Å²) in [6, 6.07) is 26.3. The van der Waals surface area contributed by atoms with Gasteiger partial charge < -0.3 is 10.3 Å². The number of hydrogen-bond donors (Lipinski definition) is 2. The number of nitrogens with one attached hydrogen (secondary N) is 2. The molecule has 0 aliphatic heterocycles. The van der Waals surface area contributed by atoms with Gasteiger partial charge in [-0.25, -0.2) is 0 Å². The maximum absolute atomic E-state index is 12.2. The van der Waals surface area contributed by atoms with Crippen molar-refractivity contribution >= 4 is 40.2 Å². The van der Waals surface area contributed by atoms with E-state index in [0.29, 0.717) is 13.0 Å². The molecule has 0 spiro atoms. The summed E-state index contributed by atoms with van der Waals surface area (Å²) in [5.74, 6) is 0.899. The third-order valence-electron chi connectivity index (χ3n) is 4.95. The van der Waals surface area contributed by atoms with Crippen LogP contribution in [0.1, 0.15) is 12.0 Å². The van der Waals surface area contributed by atoms with E-state index in [1.165, 1.54) is 15.8 Å². The fourth-order valence-corrected chi connectivity index (χ4v) is 4.60. The van der Waals surface area contributed by atoms with Crippen molar-refractivity contribution in [2.45, 2.75) is 17.7 Å². The third kappa shape index (κ3) is 5.07. The summed E-state index contributed by atoms with van der Waals surface area (Å²) in [5.41, 5.74) is 4.49. The monoisotopic (exact) mass is 434 g/mol. The molecule has 4 rings (SSSR count). The van der Waals surface area contributed by atoms with Crippen LogP contribution in [0.5, 0.6) is 0 Å². The fraction of sp³-hybridized carbons (Fsp3) is 0.160. The Morgan fingerprint density at radius 3 is 2.47 bits per heavy atom. The Bertz CT molecular complexity index is 1120. The summed E-state index contributed by atoms with van der Waals surface area (Å²) >= 11 is 7.82. The quantitative estimate of drug-likeness (QED) is 0.251. The maximum Gasteiger partial charge on any atom is 0.220 e. The molecule has 0 radical (unpaired) electrons. The van der Waals surface area contributed by atoms with Crippen LogP contribution in [0.2, 0.25) is 5.02 Å². The van der Waals surface area contributed by atoms with E-state index in [0.717, 1.165) is 34.0 Å². The molecule has 1 amide bonds. The highest BCUT2D eigenvalue weighted by Gasteiger charge is 2.13. The number of halogens is 1. The fourth-order valence-electron chi connectivity index (χ4n) is 3.42. The van der Waals surface area contributed by atoms with E-state index < -0.39 is 0 Å². The first-order chi connectivity index (χ1) is 14.7. The van der Waals surface area contributed by atoms with Crippen LogP contribution in [0.15, 0.2) is 83.8 Å². The number of thioether (sulfide) groups is 1. The zero-order chi connectivity index (χ0) is 20.8. The lowest BCUT2D eigenvalue weighted by Gasteiger charge is -2.07. The van der Waals surface area contributed by atoms with Gasteiger partial charge in [0.15, 0.2) is 0 Å². The van der Waals surface area contributed by atoms with Crippen LogP contribution < -0.4 is 5.32 Å². The first-order valence-corrected chi connectivity index (χ1v) is 11.4. The SMILES string of the molecule is O=C(CCc1ccccc1)NCCSc1c(-c2ccc(Cl)cc2)[nH]c2ccccc12. The molecule has 1 heterocycles. The Morgan fingerprint density at radius 2 is 1.67 bits per heavy atom. The second-order valence-corrected chi connectivity index (χ2v) is 8.61. The number of rotatable bonds is 8. The van der Waals surface area contributed by atoms with Crippen molar-refractivity contribution in [2.24, 2.45) is 0 Å². The minimum Gasteiger partial charge on any atom is -0.355 e. The van der Waals surface area contributed by atoms with E-state index in [-0.39, 0.29) is 5.91 Å². The second kappa shape index (κ2) is 9.88. The van der Waals surface area contributed by atoms with Gasteiger partial charge in [-0.05, 0) is 35.7 Å². The largest absolute Gasteiger partial charge is 0.355 e. The number of hydrogen-bond acceptors (Lipinski definition) is 2. The van der Waals surface area contributed by atoms with Crippen LogP contribution in [0.25, 0.3) is 22.2 Å². The van der Waals surface area contributed by atoms with Crippen molar-refractivity contribution in [3.05, 3.63) is 89.4 Å². The Kier molecular flexibility index (Phi) is 6.77. The molecule has 30 heavy (non-hydrogen) atoms. The number of carbonyl (C=O) groups is 1. The molecular weight excluding hydrogens is 412 g/mol. The number of para-hydroxylation sites is 1. The number of amides is 1. The topological polar surface area (TPSA) is 44.9 Å². The molecule has 3 nitrogen and oxygen atoms in total. The number of carbonyl (C=O) groups excluding carboxylic acids is 1. The van der Waals surface area contributed by atoms with E-state index in [2.05, 4.69) is 40.6 Å². The van der Waals surface area contributed by atoms with Gasteiger partial charge in [0, 0.05) is 39.5 Å². The minimum atomic E-state index is 0.0938. The molecule has 0 unspecified atom stereocenters. The first-order valence-electron chi connectivity index (χ1n) is 10.0. The zero-order valence-corrected chi connectivity index (χ0v) is 18.1. The maximum atomic E-state index is 12.2. The van der Waals surface area contributed by atoms with Gasteiger partial charge in [0.25, 0.3) is 0 Å². The van der Waals surface area contributed by atoms with E-state index in [9.17, 15) is 4.79 Å². The number of aryl methyl sites for hydroxylation is 1. The Labute approximate surface area is 185 Å². The molecule has 0 bridgehead atoms. The van der Waals surface area contributed by atoms with Crippen LogP contribution >= 0.6 is 23.4 Å². The average molecular weight is 435 g/mol. The van der Waals surface area contributed by atoms with E-state index in [1.807, 2.05) is 48.5 Å². The van der Waals surface area contributed by atoms with Crippen molar-refractivity contribution in [2.75, 3.05) is 12.3 Å². The molecule has 0 fully saturated rings. The van der Waals surface area contributed by atoms with Crippen molar-refractivity contribution in [1.82, 2.24) is 10.3 Å². The van der Waals surface area contributed by atoms with Crippen molar-refractivity contribution < 1.29 is 4.79 Å². The summed E-state index contributed by atoms with van der Waals surface area (Å²) in [5, 5.41) is 4.96. The third-order valence-corrected chi connectivity index (χ3v) is 6.32. The summed E-state index contributed by atoms with van der Waals surface area (Å²) < 4.78 is 0. The number of aromatic amines is 1. The van der Waals surface area contributed by atoms with Crippen LogP contribution in [0.4, 0.5) is 0 Å². The molecule has 4 aromatic rings. The summed E-state index contributed by atoms with van der Waals surface area (Å²) in [6.45, 7) is 0.637. The molecule has 2 N–H and O–H groups in total. The first kappa shape index (κ1) is 20.6. The predicted molar refractivity (Wildman–Crippen MR) is 127 cm³/mol. The van der Waals surface area contributed by atoms with Gasteiger partial charge in [-0.1, -0.05) is 72.3 Å². The van der Waals surface area contributed by atoms with Gasteiger partial charge >= 0.3 is 0 Å². The molecular formula is C25H23ClN2OS. The molecule has 152 valence electrons. The summed E-state index contributed by atoms with van der Waals surface area (Å²) in [6.07, 6.45) is 1.28. The molecule has 1 aromatic heterocycles. The van der Waals surface area contributed by atoms with Crippen LogP contribution in [0, 0.1) is 0 Å². The molecule has 5 heteroatoms. The van der Waals surface area contributed by atoms with Crippen molar-refractivity contribution in [1.29, 1.82) is 0 Å². The summed E-state index contributed by atoms with van der Waals surface area (Å²) in [7, 11) is 0. The Hall–Kier alpha value is -2.69. The number of fused-ring (bicyclic) bond motifs is 1. The Morgan fingerprint density at radius 1 is 0.933 bits per heavy atom. The van der Waals surface area contributed by atoms with E-state index in [1.54, 1.807) is 11.8 Å². The number of H-pyrrole nitrogens is 1. The Balaban J connectivity index is 1.38. The molecule has 0 saturated heterocycles. The number of benzene rings is 3. The van der Waals surface area contributed by atoms with Gasteiger partial charge in [-0.2, -0.15) is 0 Å². The molecule has 3 aromatic carbocycles. The predicted octanol–water partition coefficient (Wildman–Crippen LogP) is 6.33. The normalized spacial score (nSPS) is 11.0. The van der Waals surface area contributed by atoms with Gasteiger partial charge in [-0.15, -0.1) is 11.8 Å². The molecule has 0 aliphatic carbocycles. The molecule has 0 saturated carbocycles.